The van der Waals surface area contributed by atoms with E-state index >= 15 is 0 Å². The van der Waals surface area contributed by atoms with Crippen LogP contribution in [0.5, 0.6) is 5.75 Å². The van der Waals surface area contributed by atoms with Gasteiger partial charge in [0.2, 0.25) is 0 Å². The summed E-state index contributed by atoms with van der Waals surface area (Å²) >= 11 is 0. The molecule has 4 aromatic carbocycles. The molecule has 0 unspecified atom stereocenters. The molecule has 0 bridgehead atoms. The maximum absolute atomic E-state index is 5.95. The summed E-state index contributed by atoms with van der Waals surface area (Å²) in [4.78, 5) is 0. The quantitative estimate of drug-likeness (QED) is 0.351. The Morgan fingerprint density at radius 3 is 1.86 bits per heavy atom. The van der Waals surface area contributed by atoms with E-state index in [1.54, 1.807) is 7.11 Å². The Hall–Kier alpha value is -3.32. The fourth-order valence-corrected chi connectivity index (χ4v) is 5.48. The van der Waals surface area contributed by atoms with Crippen LogP contribution < -0.4 is 4.74 Å². The predicted molar refractivity (Wildman–Crippen MR) is 113 cm³/mol. The van der Waals surface area contributed by atoms with Crippen molar-refractivity contribution in [2.24, 2.45) is 0 Å². The summed E-state index contributed by atoms with van der Waals surface area (Å²) in [6.07, 6.45) is 0.973. The molecule has 0 heterocycles. The zero-order valence-corrected chi connectivity index (χ0v) is 15.8. The number of fused-ring (bicyclic) bond motifs is 9. The van der Waals surface area contributed by atoms with E-state index in [-0.39, 0.29) is 5.41 Å². The van der Waals surface area contributed by atoms with Crippen LogP contribution >= 0.6 is 0 Å². The summed E-state index contributed by atoms with van der Waals surface area (Å²) in [6.45, 7) is 0. The van der Waals surface area contributed by atoms with Crippen LogP contribution in [-0.2, 0) is 11.8 Å². The molecule has 134 valence electrons. The van der Waals surface area contributed by atoms with Gasteiger partial charge in [-0.3, -0.25) is 0 Å². The molecule has 0 N–H and O–H groups in total. The van der Waals surface area contributed by atoms with Gasteiger partial charge in [0, 0.05) is 5.56 Å². The second kappa shape index (κ2) is 5.59. The van der Waals surface area contributed by atoms with Crippen molar-refractivity contribution in [2.75, 3.05) is 7.11 Å². The number of hydrogen-bond acceptors (Lipinski definition) is 1. The van der Waals surface area contributed by atoms with Crippen molar-refractivity contribution in [1.82, 2.24) is 0 Å². The molecular formula is C27H20O. The summed E-state index contributed by atoms with van der Waals surface area (Å²) in [5, 5.41) is 0. The van der Waals surface area contributed by atoms with Crippen LogP contribution in [0.15, 0.2) is 91.0 Å². The lowest BCUT2D eigenvalue weighted by molar-refractivity contribution is 0.406. The zero-order chi connectivity index (χ0) is 18.7. The molecule has 0 radical (unpaired) electrons. The molecule has 0 fully saturated rings. The Bertz CT molecular complexity index is 1190. The van der Waals surface area contributed by atoms with E-state index in [2.05, 4.69) is 91.0 Å². The van der Waals surface area contributed by atoms with Gasteiger partial charge in [-0.05, 0) is 51.4 Å². The molecule has 1 heteroatoms. The first-order valence-corrected chi connectivity index (χ1v) is 9.80. The van der Waals surface area contributed by atoms with E-state index in [1.807, 2.05) is 0 Å². The van der Waals surface area contributed by atoms with Gasteiger partial charge < -0.3 is 4.74 Å². The Balaban J connectivity index is 1.88. The minimum absolute atomic E-state index is 0.329. The third-order valence-corrected chi connectivity index (χ3v) is 6.47. The molecule has 0 aromatic heterocycles. The lowest BCUT2D eigenvalue weighted by atomic mass is 9.61. The highest BCUT2D eigenvalue weighted by molar-refractivity contribution is 5.89. The van der Waals surface area contributed by atoms with Crippen molar-refractivity contribution in [1.29, 1.82) is 0 Å². The largest absolute Gasteiger partial charge is 0.496 e. The molecule has 0 atom stereocenters. The van der Waals surface area contributed by atoms with E-state index in [4.69, 9.17) is 4.74 Å². The number of hydrogen-bond donors (Lipinski definition) is 0. The van der Waals surface area contributed by atoms with Gasteiger partial charge in [0.05, 0.1) is 12.5 Å². The first-order valence-electron chi connectivity index (χ1n) is 9.80. The van der Waals surface area contributed by atoms with Crippen LogP contribution in [-0.4, -0.2) is 7.11 Å². The third kappa shape index (κ3) is 1.77. The maximum atomic E-state index is 5.95. The monoisotopic (exact) mass is 360 g/mol. The molecule has 1 nitrogen and oxygen atoms in total. The first-order chi connectivity index (χ1) is 13.9. The highest BCUT2D eigenvalue weighted by Gasteiger charge is 2.51. The fraction of sp³-hybridized carbons (Fsp3) is 0.111. The average molecular weight is 360 g/mol. The van der Waals surface area contributed by atoms with Crippen molar-refractivity contribution >= 4 is 0 Å². The molecule has 0 saturated carbocycles. The van der Waals surface area contributed by atoms with E-state index in [0.717, 1.165) is 12.2 Å². The second-order valence-corrected chi connectivity index (χ2v) is 7.67. The highest BCUT2D eigenvalue weighted by atomic mass is 16.5. The molecule has 2 aliphatic rings. The number of ether oxygens (including phenoxy) is 1. The standard InChI is InChI=1S/C27H20O/c1-28-25-16-8-12-21-20-11-4-7-15-24(20)27(26(21)25)22-13-5-2-9-18(22)17-19-10-3-6-14-23(19)27/h2-16H,17H2,1H3. The van der Waals surface area contributed by atoms with Gasteiger partial charge in [-0.1, -0.05) is 84.9 Å². The van der Waals surface area contributed by atoms with Gasteiger partial charge in [0.25, 0.3) is 0 Å². The maximum Gasteiger partial charge on any atom is 0.124 e. The number of benzene rings is 4. The Morgan fingerprint density at radius 1 is 0.607 bits per heavy atom. The second-order valence-electron chi connectivity index (χ2n) is 7.67. The normalized spacial score (nSPS) is 14.8. The van der Waals surface area contributed by atoms with Crippen LogP contribution in [0.1, 0.15) is 33.4 Å². The molecule has 6 rings (SSSR count). The van der Waals surface area contributed by atoms with Crippen molar-refractivity contribution in [3.8, 4) is 16.9 Å². The third-order valence-electron chi connectivity index (χ3n) is 6.47. The number of methoxy groups -OCH3 is 1. The lowest BCUT2D eigenvalue weighted by Crippen LogP contribution is -2.34. The van der Waals surface area contributed by atoms with Crippen LogP contribution in [0.4, 0.5) is 0 Å². The molecule has 28 heavy (non-hydrogen) atoms. The van der Waals surface area contributed by atoms with Crippen LogP contribution in [0.2, 0.25) is 0 Å². The Kier molecular flexibility index (Phi) is 3.14. The molecular weight excluding hydrogens is 340 g/mol. The molecule has 4 aromatic rings. The molecule has 0 saturated heterocycles. The van der Waals surface area contributed by atoms with Gasteiger partial charge in [0.1, 0.15) is 5.75 Å². The lowest BCUT2D eigenvalue weighted by Gasteiger charge is -2.40. The minimum Gasteiger partial charge on any atom is -0.496 e. The Labute approximate surface area is 165 Å². The number of rotatable bonds is 1. The van der Waals surface area contributed by atoms with Crippen molar-refractivity contribution in [3.63, 3.8) is 0 Å². The van der Waals surface area contributed by atoms with E-state index in [0.29, 0.717) is 0 Å². The van der Waals surface area contributed by atoms with Gasteiger partial charge in [0.15, 0.2) is 0 Å². The topological polar surface area (TPSA) is 9.23 Å². The summed E-state index contributed by atoms with van der Waals surface area (Å²) in [5.41, 5.74) is 10.4. The van der Waals surface area contributed by atoms with Gasteiger partial charge >= 0.3 is 0 Å². The van der Waals surface area contributed by atoms with Crippen LogP contribution in [0, 0.1) is 0 Å². The smallest absolute Gasteiger partial charge is 0.124 e. The van der Waals surface area contributed by atoms with Gasteiger partial charge in [-0.15, -0.1) is 0 Å². The molecule has 2 aliphatic carbocycles. The Morgan fingerprint density at radius 2 is 1.18 bits per heavy atom. The minimum atomic E-state index is -0.329. The van der Waals surface area contributed by atoms with Crippen LogP contribution in [0.3, 0.4) is 0 Å². The summed E-state index contributed by atoms with van der Waals surface area (Å²) in [7, 11) is 1.78. The van der Waals surface area contributed by atoms with Gasteiger partial charge in [-0.2, -0.15) is 0 Å². The van der Waals surface area contributed by atoms with Crippen molar-refractivity contribution in [3.05, 3.63) is 124 Å². The van der Waals surface area contributed by atoms with Crippen molar-refractivity contribution < 1.29 is 4.74 Å². The molecule has 0 amide bonds. The zero-order valence-electron chi connectivity index (χ0n) is 15.8. The SMILES string of the molecule is COc1cccc2c1C1(c3ccccc3Cc3ccccc31)c1ccccc1-2. The summed E-state index contributed by atoms with van der Waals surface area (Å²) in [6, 6.07) is 33.1. The predicted octanol–water partition coefficient (Wildman–Crippen LogP) is 5.96. The molecule has 1 spiro atoms. The van der Waals surface area contributed by atoms with E-state index < -0.39 is 0 Å². The highest BCUT2D eigenvalue weighted by Crippen LogP contribution is 2.61. The van der Waals surface area contributed by atoms with E-state index in [1.165, 1.54) is 44.5 Å². The fourth-order valence-electron chi connectivity index (χ4n) is 5.48. The first kappa shape index (κ1) is 15.7. The van der Waals surface area contributed by atoms with Crippen LogP contribution in [0.25, 0.3) is 11.1 Å². The van der Waals surface area contributed by atoms with Gasteiger partial charge in [-0.25, -0.2) is 0 Å². The average Bonchev–Trinajstić information content (AvgIpc) is 3.06. The van der Waals surface area contributed by atoms with Crippen molar-refractivity contribution in [2.45, 2.75) is 11.8 Å². The molecule has 0 aliphatic heterocycles. The van der Waals surface area contributed by atoms with E-state index in [9.17, 15) is 0 Å². The summed E-state index contributed by atoms with van der Waals surface area (Å²) in [5.74, 6) is 0.959. The summed E-state index contributed by atoms with van der Waals surface area (Å²) < 4.78 is 5.95.